The van der Waals surface area contributed by atoms with E-state index in [1.807, 2.05) is 25.1 Å². The van der Waals surface area contributed by atoms with Crippen LogP contribution >= 0.6 is 11.6 Å². The Hall–Kier alpha value is -2.07. The molecule has 0 aliphatic carbocycles. The Morgan fingerprint density at radius 3 is 2.68 bits per heavy atom. The van der Waals surface area contributed by atoms with Gasteiger partial charge in [-0.2, -0.15) is 0 Å². The van der Waals surface area contributed by atoms with Gasteiger partial charge in [-0.05, 0) is 30.2 Å². The molecule has 0 bridgehead atoms. The maximum Gasteiger partial charge on any atom is 0.292 e. The quantitative estimate of drug-likeness (QED) is 0.673. The molecule has 2 aromatic rings. The summed E-state index contributed by atoms with van der Waals surface area (Å²) in [6.45, 7) is 2.42. The number of benzene rings is 2. The van der Waals surface area contributed by atoms with E-state index in [4.69, 9.17) is 11.6 Å². The van der Waals surface area contributed by atoms with E-state index in [2.05, 4.69) is 5.32 Å². The maximum absolute atomic E-state index is 10.9. The summed E-state index contributed by atoms with van der Waals surface area (Å²) in [6.07, 6.45) is 0. The molecule has 0 aliphatic rings. The molecule has 0 atom stereocenters. The van der Waals surface area contributed by atoms with Crippen LogP contribution in [0.3, 0.4) is 0 Å². The third-order valence-electron chi connectivity index (χ3n) is 2.82. The smallest absolute Gasteiger partial charge is 0.292 e. The molecule has 4 nitrogen and oxygen atoms in total. The molecule has 0 aromatic heterocycles. The zero-order valence-electron chi connectivity index (χ0n) is 10.4. The van der Waals surface area contributed by atoms with Crippen molar-refractivity contribution in [3.05, 3.63) is 68.7 Å². The van der Waals surface area contributed by atoms with Crippen molar-refractivity contribution in [2.24, 2.45) is 0 Å². The third-order valence-corrected chi connectivity index (χ3v) is 3.23. The van der Waals surface area contributed by atoms with Crippen molar-refractivity contribution in [2.45, 2.75) is 13.5 Å². The van der Waals surface area contributed by atoms with Crippen LogP contribution in [0.2, 0.25) is 5.02 Å². The molecule has 0 radical (unpaired) electrons. The lowest BCUT2D eigenvalue weighted by atomic mass is 10.1. The lowest BCUT2D eigenvalue weighted by Gasteiger charge is -2.08. The van der Waals surface area contributed by atoms with Gasteiger partial charge in [-0.3, -0.25) is 10.1 Å². The van der Waals surface area contributed by atoms with Gasteiger partial charge in [0, 0.05) is 17.6 Å². The molecular weight excluding hydrogens is 264 g/mol. The van der Waals surface area contributed by atoms with E-state index in [0.717, 1.165) is 11.1 Å². The summed E-state index contributed by atoms with van der Waals surface area (Å²) < 4.78 is 0. The molecule has 98 valence electrons. The van der Waals surface area contributed by atoms with Crippen molar-refractivity contribution < 1.29 is 4.92 Å². The number of halogens is 1. The number of rotatable bonds is 4. The van der Waals surface area contributed by atoms with Crippen molar-refractivity contribution in [3.8, 4) is 0 Å². The van der Waals surface area contributed by atoms with Gasteiger partial charge in [0.2, 0.25) is 0 Å². The zero-order chi connectivity index (χ0) is 13.8. The minimum absolute atomic E-state index is 0.0701. The van der Waals surface area contributed by atoms with E-state index in [9.17, 15) is 10.1 Å². The van der Waals surface area contributed by atoms with Crippen LogP contribution in [0.4, 0.5) is 11.4 Å². The maximum atomic E-state index is 10.9. The van der Waals surface area contributed by atoms with E-state index < -0.39 is 4.92 Å². The lowest BCUT2D eigenvalue weighted by Crippen LogP contribution is -2.02. The van der Waals surface area contributed by atoms with Crippen LogP contribution in [-0.2, 0) is 6.54 Å². The Kier molecular flexibility index (Phi) is 4.02. The predicted molar refractivity (Wildman–Crippen MR) is 76.6 cm³/mol. The second kappa shape index (κ2) is 5.71. The van der Waals surface area contributed by atoms with Gasteiger partial charge in [0.25, 0.3) is 5.69 Å². The predicted octanol–water partition coefficient (Wildman–Crippen LogP) is 4.17. The first kappa shape index (κ1) is 13.4. The van der Waals surface area contributed by atoms with Gasteiger partial charge >= 0.3 is 0 Å². The molecule has 19 heavy (non-hydrogen) atoms. The topological polar surface area (TPSA) is 55.2 Å². The number of nitro benzene ring substituents is 1. The SMILES string of the molecule is Cc1ccc(CNc2ccccc2[N+](=O)[O-])cc1Cl. The molecule has 0 heterocycles. The van der Waals surface area contributed by atoms with Gasteiger partial charge < -0.3 is 5.32 Å². The number of para-hydroxylation sites is 2. The van der Waals surface area contributed by atoms with Crippen LogP contribution in [0.15, 0.2) is 42.5 Å². The molecule has 0 fully saturated rings. The first-order valence-corrected chi connectivity index (χ1v) is 6.18. The molecular formula is C14H13ClN2O2. The molecule has 2 aromatic carbocycles. The first-order valence-electron chi connectivity index (χ1n) is 5.80. The highest BCUT2D eigenvalue weighted by molar-refractivity contribution is 6.31. The Balaban J connectivity index is 2.14. The molecule has 5 heteroatoms. The third kappa shape index (κ3) is 3.23. The number of nitrogens with one attached hydrogen (secondary N) is 1. The number of aryl methyl sites for hydroxylation is 1. The van der Waals surface area contributed by atoms with E-state index >= 15 is 0 Å². The Labute approximate surface area is 116 Å². The average molecular weight is 277 g/mol. The van der Waals surface area contributed by atoms with Crippen LogP contribution < -0.4 is 5.32 Å². The molecule has 0 aliphatic heterocycles. The van der Waals surface area contributed by atoms with Gasteiger partial charge in [-0.15, -0.1) is 0 Å². The minimum atomic E-state index is -0.398. The molecule has 0 saturated heterocycles. The monoisotopic (exact) mass is 276 g/mol. The average Bonchev–Trinajstić information content (AvgIpc) is 2.40. The largest absolute Gasteiger partial charge is 0.375 e. The van der Waals surface area contributed by atoms with Gasteiger partial charge in [-0.1, -0.05) is 35.9 Å². The van der Waals surface area contributed by atoms with Crippen molar-refractivity contribution in [1.29, 1.82) is 0 Å². The lowest BCUT2D eigenvalue weighted by molar-refractivity contribution is -0.384. The highest BCUT2D eigenvalue weighted by Gasteiger charge is 2.11. The highest BCUT2D eigenvalue weighted by atomic mass is 35.5. The molecule has 2 rings (SSSR count). The summed E-state index contributed by atoms with van der Waals surface area (Å²) in [5.74, 6) is 0. The molecule has 0 saturated carbocycles. The fourth-order valence-corrected chi connectivity index (χ4v) is 1.93. The number of nitro groups is 1. The normalized spacial score (nSPS) is 10.2. The molecule has 0 amide bonds. The van der Waals surface area contributed by atoms with E-state index in [1.165, 1.54) is 6.07 Å². The zero-order valence-corrected chi connectivity index (χ0v) is 11.1. The summed E-state index contributed by atoms with van der Waals surface area (Å²) in [5.41, 5.74) is 2.56. The van der Waals surface area contributed by atoms with Gasteiger partial charge in [-0.25, -0.2) is 0 Å². The molecule has 0 spiro atoms. The van der Waals surface area contributed by atoms with Crippen LogP contribution in [0.5, 0.6) is 0 Å². The Morgan fingerprint density at radius 2 is 2.00 bits per heavy atom. The fraction of sp³-hybridized carbons (Fsp3) is 0.143. The van der Waals surface area contributed by atoms with Crippen LogP contribution in [0.1, 0.15) is 11.1 Å². The molecule has 1 N–H and O–H groups in total. The van der Waals surface area contributed by atoms with Gasteiger partial charge in [0.05, 0.1) is 4.92 Å². The number of hydrogen-bond donors (Lipinski definition) is 1. The molecule has 0 unspecified atom stereocenters. The first-order chi connectivity index (χ1) is 9.08. The van der Waals surface area contributed by atoms with Gasteiger partial charge in [0.15, 0.2) is 0 Å². The second-order valence-corrected chi connectivity index (χ2v) is 4.62. The second-order valence-electron chi connectivity index (χ2n) is 4.21. The summed E-state index contributed by atoms with van der Waals surface area (Å²) in [7, 11) is 0. The van der Waals surface area contributed by atoms with Crippen molar-refractivity contribution >= 4 is 23.0 Å². The minimum Gasteiger partial charge on any atom is -0.375 e. The number of anilines is 1. The summed E-state index contributed by atoms with van der Waals surface area (Å²) >= 11 is 6.04. The summed E-state index contributed by atoms with van der Waals surface area (Å²) in [5, 5.41) is 14.6. The van der Waals surface area contributed by atoms with Crippen LogP contribution in [0, 0.1) is 17.0 Å². The van der Waals surface area contributed by atoms with Crippen molar-refractivity contribution in [3.63, 3.8) is 0 Å². The Morgan fingerprint density at radius 1 is 1.26 bits per heavy atom. The number of hydrogen-bond acceptors (Lipinski definition) is 3. The summed E-state index contributed by atoms with van der Waals surface area (Å²) in [4.78, 5) is 10.5. The van der Waals surface area contributed by atoms with Crippen molar-refractivity contribution in [1.82, 2.24) is 0 Å². The van der Waals surface area contributed by atoms with Crippen LogP contribution in [0.25, 0.3) is 0 Å². The van der Waals surface area contributed by atoms with Crippen molar-refractivity contribution in [2.75, 3.05) is 5.32 Å². The number of nitrogens with zero attached hydrogens (tertiary/aromatic N) is 1. The van der Waals surface area contributed by atoms with E-state index in [1.54, 1.807) is 18.2 Å². The fourth-order valence-electron chi connectivity index (χ4n) is 1.73. The van der Waals surface area contributed by atoms with E-state index in [0.29, 0.717) is 17.3 Å². The standard InChI is InChI=1S/C14H13ClN2O2/c1-10-6-7-11(8-12(10)15)9-16-13-4-2-3-5-14(13)17(18)19/h2-8,16H,9H2,1H3. The Bertz CT molecular complexity index is 614. The highest BCUT2D eigenvalue weighted by Crippen LogP contribution is 2.24. The summed E-state index contributed by atoms with van der Waals surface area (Å²) in [6, 6.07) is 12.3. The van der Waals surface area contributed by atoms with Gasteiger partial charge in [0.1, 0.15) is 5.69 Å². The van der Waals surface area contributed by atoms with E-state index in [-0.39, 0.29) is 5.69 Å². The van der Waals surface area contributed by atoms with Crippen LogP contribution in [-0.4, -0.2) is 4.92 Å².